The quantitative estimate of drug-likeness (QED) is 0.383. The molecule has 0 aliphatic rings. The Balaban J connectivity index is 5.65. The molecule has 0 aromatic rings. The molecular weight excluding hydrogens is 224 g/mol. The lowest BCUT2D eigenvalue weighted by atomic mass is 10.1. The van der Waals surface area contributed by atoms with E-state index in [1.165, 1.54) is 16.0 Å². The third kappa shape index (κ3) is 7.79. The molecule has 0 amide bonds. The van der Waals surface area contributed by atoms with Crippen molar-refractivity contribution < 1.29 is 14.1 Å². The number of hydrogen-bond acceptors (Lipinski definition) is 1. The molecule has 0 saturated heterocycles. The van der Waals surface area contributed by atoms with Gasteiger partial charge in [-0.3, -0.25) is 0 Å². The summed E-state index contributed by atoms with van der Waals surface area (Å²) in [5, 5.41) is 0. The lowest BCUT2D eigenvalue weighted by molar-refractivity contribution is -0.801. The molecule has 4 heteroatoms. The predicted octanol–water partition coefficient (Wildman–Crippen LogP) is -0.854. The van der Waals surface area contributed by atoms with Crippen LogP contribution in [0, 0.1) is 0 Å². The summed E-state index contributed by atoms with van der Waals surface area (Å²) in [6, 6.07) is 0. The van der Waals surface area contributed by atoms with Gasteiger partial charge in [-0.2, -0.15) is 0 Å². The lowest BCUT2D eigenvalue weighted by Gasteiger charge is -2.08. The Morgan fingerprint density at radius 2 is 1.33 bits per heavy atom. The summed E-state index contributed by atoms with van der Waals surface area (Å²) in [7, 11) is 16.5. The fourth-order valence-corrected chi connectivity index (χ4v) is 1.52. The zero-order valence-corrected chi connectivity index (χ0v) is 13.2. The summed E-state index contributed by atoms with van der Waals surface area (Å²) < 4.78 is 4.14. The Bertz CT molecular complexity index is 339. The van der Waals surface area contributed by atoms with Gasteiger partial charge in [0.1, 0.15) is 40.0 Å². The second-order valence-electron chi connectivity index (χ2n) is 5.41. The second kappa shape index (κ2) is 7.82. The van der Waals surface area contributed by atoms with Crippen LogP contribution in [-0.2, 0) is 0 Å². The average Bonchev–Trinajstić information content (AvgIpc) is 2.12. The van der Waals surface area contributed by atoms with Gasteiger partial charge < -0.3 is 9.80 Å². The second-order valence-corrected chi connectivity index (χ2v) is 5.41. The van der Waals surface area contributed by atoms with Gasteiger partial charge in [0, 0.05) is 20.3 Å². The molecule has 1 N–H and O–H groups in total. The van der Waals surface area contributed by atoms with Gasteiger partial charge in [0.2, 0.25) is 0 Å². The first-order valence-electron chi connectivity index (χ1n) is 6.15. The maximum absolute atomic E-state index is 2.20. The molecule has 0 heterocycles. The number of rotatable bonds is 5. The van der Waals surface area contributed by atoms with Gasteiger partial charge in [-0.05, 0) is 0 Å². The van der Waals surface area contributed by atoms with Crippen LogP contribution in [0.3, 0.4) is 0 Å². The van der Waals surface area contributed by atoms with Crippen molar-refractivity contribution in [2.45, 2.75) is 0 Å². The summed E-state index contributed by atoms with van der Waals surface area (Å²) >= 11 is 0. The van der Waals surface area contributed by atoms with E-state index in [1.54, 1.807) is 0 Å². The zero-order valence-electron chi connectivity index (χ0n) is 13.2. The molecule has 0 aliphatic heterocycles. The SMILES string of the molecule is CN(C)C=C(C=[N+](C)C)C(=C[NH+](C)C)C=[N+](C)C. The number of allylic oxidation sites excluding steroid dienone is 2. The van der Waals surface area contributed by atoms with E-state index in [0.717, 1.165) is 0 Å². The van der Waals surface area contributed by atoms with Crippen molar-refractivity contribution in [3.05, 3.63) is 23.5 Å². The molecule has 0 aromatic carbocycles. The van der Waals surface area contributed by atoms with Gasteiger partial charge in [-0.1, -0.05) is 0 Å². The van der Waals surface area contributed by atoms with Gasteiger partial charge in [0.05, 0.1) is 19.7 Å². The first kappa shape index (κ1) is 16.6. The van der Waals surface area contributed by atoms with Crippen LogP contribution in [-0.4, -0.2) is 82.9 Å². The minimum atomic E-state index is 1.19. The number of nitrogens with one attached hydrogen (secondary N) is 1. The molecule has 0 saturated carbocycles. The van der Waals surface area contributed by atoms with E-state index in [-0.39, 0.29) is 0 Å². The van der Waals surface area contributed by atoms with Crippen LogP contribution in [0.1, 0.15) is 0 Å². The molecule has 0 spiro atoms. The van der Waals surface area contributed by atoms with E-state index < -0.39 is 0 Å². The average molecular weight is 253 g/mol. The van der Waals surface area contributed by atoms with Crippen LogP contribution in [0.15, 0.2) is 23.5 Å². The Labute approximate surface area is 112 Å². The fraction of sp³-hybridized carbons (Fsp3) is 0.571. The van der Waals surface area contributed by atoms with Crippen LogP contribution in [0.4, 0.5) is 0 Å². The summed E-state index contributed by atoms with van der Waals surface area (Å²) in [6.07, 6.45) is 8.61. The van der Waals surface area contributed by atoms with Gasteiger partial charge in [0.25, 0.3) is 0 Å². The predicted molar refractivity (Wildman–Crippen MR) is 79.0 cm³/mol. The molecule has 0 radical (unpaired) electrons. The van der Waals surface area contributed by atoms with E-state index in [2.05, 4.69) is 53.0 Å². The van der Waals surface area contributed by atoms with Gasteiger partial charge in [-0.25, -0.2) is 9.15 Å². The Morgan fingerprint density at radius 3 is 1.67 bits per heavy atom. The molecule has 4 nitrogen and oxygen atoms in total. The van der Waals surface area contributed by atoms with Crippen molar-refractivity contribution in [1.29, 1.82) is 0 Å². The van der Waals surface area contributed by atoms with E-state index in [0.29, 0.717) is 0 Å². The first-order valence-corrected chi connectivity index (χ1v) is 6.15. The topological polar surface area (TPSA) is 13.7 Å². The monoisotopic (exact) mass is 253 g/mol. The maximum Gasteiger partial charge on any atom is 0.176 e. The summed E-state index contributed by atoms with van der Waals surface area (Å²) in [6.45, 7) is 0. The van der Waals surface area contributed by atoms with Crippen molar-refractivity contribution in [1.82, 2.24) is 4.90 Å². The highest BCUT2D eigenvalue weighted by Gasteiger charge is 2.11. The van der Waals surface area contributed by atoms with Crippen LogP contribution < -0.4 is 4.90 Å². The Kier molecular flexibility index (Phi) is 7.20. The smallest absolute Gasteiger partial charge is 0.176 e. The van der Waals surface area contributed by atoms with Crippen molar-refractivity contribution in [2.75, 3.05) is 56.4 Å². The highest BCUT2D eigenvalue weighted by molar-refractivity contribution is 5.94. The molecule has 102 valence electrons. The molecule has 18 heavy (non-hydrogen) atoms. The molecule has 0 aromatic heterocycles. The molecule has 0 atom stereocenters. The van der Waals surface area contributed by atoms with Crippen molar-refractivity contribution in [2.24, 2.45) is 0 Å². The van der Waals surface area contributed by atoms with Crippen LogP contribution in [0.2, 0.25) is 0 Å². The van der Waals surface area contributed by atoms with Crippen LogP contribution >= 0.6 is 0 Å². The number of nitrogens with zero attached hydrogens (tertiary/aromatic N) is 3. The molecular formula is C14H29N4+3. The van der Waals surface area contributed by atoms with Gasteiger partial charge >= 0.3 is 0 Å². The summed E-state index contributed by atoms with van der Waals surface area (Å²) in [4.78, 5) is 3.36. The van der Waals surface area contributed by atoms with E-state index in [1.807, 2.05) is 42.3 Å². The lowest BCUT2D eigenvalue weighted by Crippen LogP contribution is -3.00. The maximum atomic E-state index is 2.20. The molecule has 0 bridgehead atoms. The van der Waals surface area contributed by atoms with Crippen molar-refractivity contribution in [3.63, 3.8) is 0 Å². The Hall–Kier alpha value is -1.42. The van der Waals surface area contributed by atoms with Crippen LogP contribution in [0.25, 0.3) is 0 Å². The molecule has 0 rings (SSSR count). The van der Waals surface area contributed by atoms with Gasteiger partial charge in [0.15, 0.2) is 12.4 Å². The molecule has 0 aliphatic carbocycles. The number of hydrogen-bond donors (Lipinski definition) is 1. The first-order chi connectivity index (χ1) is 8.22. The third-order valence-corrected chi connectivity index (χ3v) is 1.97. The minimum absolute atomic E-state index is 1.19. The standard InChI is InChI=1S/C14H28N4/c1-15(2)9-13(10-16(3)4)14(11-17(5)6)12-18(7)8/h9-12H,1-8H3/q+2/p+1. The van der Waals surface area contributed by atoms with Crippen molar-refractivity contribution in [3.8, 4) is 0 Å². The van der Waals surface area contributed by atoms with Crippen LogP contribution in [0.5, 0.6) is 0 Å². The number of quaternary nitrogens is 1. The summed E-state index contributed by atoms with van der Waals surface area (Å²) in [5.74, 6) is 0. The van der Waals surface area contributed by atoms with Crippen molar-refractivity contribution >= 4 is 12.4 Å². The zero-order chi connectivity index (χ0) is 14.3. The molecule has 0 fully saturated rings. The third-order valence-electron chi connectivity index (χ3n) is 1.97. The van der Waals surface area contributed by atoms with E-state index in [9.17, 15) is 0 Å². The van der Waals surface area contributed by atoms with E-state index >= 15 is 0 Å². The Morgan fingerprint density at radius 1 is 0.889 bits per heavy atom. The minimum Gasteiger partial charge on any atom is -0.383 e. The normalized spacial score (nSPS) is 12.5. The highest BCUT2D eigenvalue weighted by atomic mass is 15.0. The largest absolute Gasteiger partial charge is 0.383 e. The fourth-order valence-electron chi connectivity index (χ4n) is 1.52. The molecule has 0 unspecified atom stereocenters. The summed E-state index contributed by atoms with van der Waals surface area (Å²) in [5.41, 5.74) is 2.40. The van der Waals surface area contributed by atoms with E-state index in [4.69, 9.17) is 0 Å². The highest BCUT2D eigenvalue weighted by Crippen LogP contribution is 2.04. The van der Waals surface area contributed by atoms with Gasteiger partial charge in [-0.15, -0.1) is 0 Å².